The van der Waals surface area contributed by atoms with Crippen LogP contribution in [0, 0.1) is 5.82 Å². The Bertz CT molecular complexity index is 543. The Morgan fingerprint density at radius 2 is 2.06 bits per heavy atom. The van der Waals surface area contributed by atoms with Gasteiger partial charge in [0.1, 0.15) is 15.7 Å². The van der Waals surface area contributed by atoms with E-state index >= 15 is 0 Å². The second kappa shape index (κ2) is 5.81. The monoisotopic (exact) mass is 274 g/mol. The molecule has 2 N–H and O–H groups in total. The Morgan fingerprint density at radius 3 is 2.61 bits per heavy atom. The van der Waals surface area contributed by atoms with Gasteiger partial charge in [-0.25, -0.2) is 12.8 Å². The van der Waals surface area contributed by atoms with Gasteiger partial charge >= 0.3 is 0 Å². The van der Waals surface area contributed by atoms with Crippen LogP contribution >= 0.6 is 0 Å². The van der Waals surface area contributed by atoms with Crippen molar-refractivity contribution in [2.24, 2.45) is 0 Å². The Morgan fingerprint density at radius 1 is 1.39 bits per heavy atom. The number of rotatable bonds is 5. The summed E-state index contributed by atoms with van der Waals surface area (Å²) in [4.78, 5) is 11.7. The second-order valence-electron chi connectivity index (χ2n) is 3.80. The highest BCUT2D eigenvalue weighted by molar-refractivity contribution is 7.90. The van der Waals surface area contributed by atoms with E-state index < -0.39 is 21.6 Å². The van der Waals surface area contributed by atoms with Gasteiger partial charge in [-0.05, 0) is 12.1 Å². The number of amides is 1. The second-order valence-corrected chi connectivity index (χ2v) is 6.06. The van der Waals surface area contributed by atoms with Gasteiger partial charge in [-0.1, -0.05) is 6.07 Å². The lowest BCUT2D eigenvalue weighted by molar-refractivity contribution is 0.0956. The molecule has 0 bridgehead atoms. The molecule has 0 atom stereocenters. The zero-order valence-corrected chi connectivity index (χ0v) is 11.0. The minimum Gasteiger partial charge on any atom is -0.385 e. The first kappa shape index (κ1) is 14.4. The van der Waals surface area contributed by atoms with Crippen molar-refractivity contribution in [3.8, 4) is 0 Å². The average Bonchev–Trinajstić information content (AvgIpc) is 2.26. The van der Waals surface area contributed by atoms with Gasteiger partial charge in [0, 0.05) is 19.8 Å². The zero-order valence-electron chi connectivity index (χ0n) is 10.2. The molecule has 1 aromatic rings. The Labute approximate surface area is 105 Å². The van der Waals surface area contributed by atoms with Crippen LogP contribution in [0.5, 0.6) is 0 Å². The molecule has 0 radical (unpaired) electrons. The van der Waals surface area contributed by atoms with Gasteiger partial charge in [0.25, 0.3) is 5.91 Å². The summed E-state index contributed by atoms with van der Waals surface area (Å²) in [5.74, 6) is -1.20. The molecule has 100 valence electrons. The van der Waals surface area contributed by atoms with Crippen LogP contribution in [0.15, 0.2) is 18.2 Å². The summed E-state index contributed by atoms with van der Waals surface area (Å²) in [6.07, 6.45) is 1.08. The fraction of sp³-hybridized carbons (Fsp3) is 0.364. The van der Waals surface area contributed by atoms with Gasteiger partial charge in [0.2, 0.25) is 0 Å². The van der Waals surface area contributed by atoms with Crippen LogP contribution in [0.25, 0.3) is 0 Å². The third-order valence-corrected chi connectivity index (χ3v) is 3.21. The summed E-state index contributed by atoms with van der Waals surface area (Å²) in [5, 5.41) is 5.03. The maximum Gasteiger partial charge on any atom is 0.253 e. The van der Waals surface area contributed by atoms with Crippen molar-refractivity contribution in [3.63, 3.8) is 0 Å². The van der Waals surface area contributed by atoms with Gasteiger partial charge < -0.3 is 10.6 Å². The Hall–Kier alpha value is -1.63. The zero-order chi connectivity index (χ0) is 13.8. The van der Waals surface area contributed by atoms with E-state index in [0.29, 0.717) is 0 Å². The summed E-state index contributed by atoms with van der Waals surface area (Å²) in [6, 6.07) is 4.12. The van der Waals surface area contributed by atoms with Gasteiger partial charge in [0.15, 0.2) is 0 Å². The molecule has 1 rings (SSSR count). The van der Waals surface area contributed by atoms with Gasteiger partial charge in [0.05, 0.1) is 17.0 Å². The molecule has 0 aliphatic rings. The number of carbonyl (C=O) groups is 1. The predicted octanol–water partition coefficient (Wildman–Crippen LogP) is 0.642. The first-order valence-electron chi connectivity index (χ1n) is 5.27. The van der Waals surface area contributed by atoms with E-state index in [-0.39, 0.29) is 23.5 Å². The minimum absolute atomic E-state index is 0.00264. The number of halogens is 1. The van der Waals surface area contributed by atoms with Crippen molar-refractivity contribution < 1.29 is 17.6 Å². The topological polar surface area (TPSA) is 75.3 Å². The first-order chi connectivity index (χ1) is 8.35. The number of carbonyl (C=O) groups excluding carboxylic acids is 1. The molecule has 1 aromatic carbocycles. The molecular weight excluding hydrogens is 259 g/mol. The quantitative estimate of drug-likeness (QED) is 0.826. The van der Waals surface area contributed by atoms with Crippen LogP contribution in [0.2, 0.25) is 0 Å². The molecule has 5 nitrogen and oxygen atoms in total. The molecule has 0 aliphatic carbocycles. The molecule has 1 amide bonds. The fourth-order valence-corrected chi connectivity index (χ4v) is 1.89. The number of hydrogen-bond donors (Lipinski definition) is 2. The van der Waals surface area contributed by atoms with Gasteiger partial charge in [-0.15, -0.1) is 0 Å². The van der Waals surface area contributed by atoms with E-state index in [0.717, 1.165) is 6.26 Å². The Balaban J connectivity index is 2.76. The van der Waals surface area contributed by atoms with Crippen LogP contribution in [0.3, 0.4) is 0 Å². The smallest absolute Gasteiger partial charge is 0.253 e. The molecule has 7 heteroatoms. The lowest BCUT2D eigenvalue weighted by atomic mass is 10.1. The van der Waals surface area contributed by atoms with Crippen molar-refractivity contribution in [2.75, 3.05) is 30.9 Å². The molecule has 0 unspecified atom stereocenters. The average molecular weight is 274 g/mol. The maximum atomic E-state index is 13.4. The van der Waals surface area contributed by atoms with Gasteiger partial charge in [-0.2, -0.15) is 0 Å². The third kappa shape index (κ3) is 3.99. The molecule has 0 spiro atoms. The SMILES string of the molecule is CNc1c(F)cccc1C(=O)NCCS(C)(=O)=O. The fourth-order valence-electron chi connectivity index (χ4n) is 1.41. The standard InChI is InChI=1S/C11H15FN2O3S/c1-13-10-8(4-3-5-9(10)12)11(15)14-6-7-18(2,16)17/h3-5,13H,6-7H2,1-2H3,(H,14,15). The van der Waals surface area contributed by atoms with Crippen LogP contribution in [-0.4, -0.2) is 39.9 Å². The van der Waals surface area contributed by atoms with Crippen LogP contribution < -0.4 is 10.6 Å². The van der Waals surface area contributed by atoms with E-state index in [9.17, 15) is 17.6 Å². The summed E-state index contributed by atoms with van der Waals surface area (Å²) in [7, 11) is -1.62. The van der Waals surface area contributed by atoms with Crippen LogP contribution in [0.1, 0.15) is 10.4 Å². The van der Waals surface area contributed by atoms with E-state index in [1.807, 2.05) is 0 Å². The number of anilines is 1. The number of benzene rings is 1. The molecule has 0 aliphatic heterocycles. The third-order valence-electron chi connectivity index (χ3n) is 2.27. The summed E-state index contributed by atoms with van der Waals surface area (Å²) in [5.41, 5.74) is 0.236. The number of nitrogens with one attached hydrogen (secondary N) is 2. The minimum atomic E-state index is -3.13. The van der Waals surface area contributed by atoms with E-state index in [2.05, 4.69) is 10.6 Å². The number of sulfone groups is 1. The molecule has 0 saturated heterocycles. The van der Waals surface area contributed by atoms with Gasteiger partial charge in [-0.3, -0.25) is 4.79 Å². The van der Waals surface area contributed by atoms with Crippen molar-refractivity contribution in [1.82, 2.24) is 5.32 Å². The van der Waals surface area contributed by atoms with E-state index in [4.69, 9.17) is 0 Å². The highest BCUT2D eigenvalue weighted by Crippen LogP contribution is 2.18. The van der Waals surface area contributed by atoms with E-state index in [1.54, 1.807) is 0 Å². The molecule has 0 aromatic heterocycles. The largest absolute Gasteiger partial charge is 0.385 e. The Kier molecular flexibility index (Phi) is 4.66. The number of hydrogen-bond acceptors (Lipinski definition) is 4. The number of para-hydroxylation sites is 1. The van der Waals surface area contributed by atoms with Crippen molar-refractivity contribution in [2.45, 2.75) is 0 Å². The summed E-state index contributed by atoms with van der Waals surface area (Å²) >= 11 is 0. The molecular formula is C11H15FN2O3S. The summed E-state index contributed by atoms with van der Waals surface area (Å²) < 4.78 is 35.2. The summed E-state index contributed by atoms with van der Waals surface area (Å²) in [6.45, 7) is -0.00264. The first-order valence-corrected chi connectivity index (χ1v) is 7.33. The lowest BCUT2D eigenvalue weighted by Crippen LogP contribution is -2.29. The predicted molar refractivity (Wildman–Crippen MR) is 68.0 cm³/mol. The molecule has 0 heterocycles. The van der Waals surface area contributed by atoms with Crippen LogP contribution in [-0.2, 0) is 9.84 Å². The highest BCUT2D eigenvalue weighted by atomic mass is 32.2. The van der Waals surface area contributed by atoms with Crippen molar-refractivity contribution in [1.29, 1.82) is 0 Å². The van der Waals surface area contributed by atoms with Crippen molar-refractivity contribution in [3.05, 3.63) is 29.6 Å². The lowest BCUT2D eigenvalue weighted by Gasteiger charge is -2.10. The van der Waals surface area contributed by atoms with E-state index in [1.165, 1.54) is 25.2 Å². The molecule has 0 fully saturated rings. The molecule has 0 saturated carbocycles. The highest BCUT2D eigenvalue weighted by Gasteiger charge is 2.14. The maximum absolute atomic E-state index is 13.4. The van der Waals surface area contributed by atoms with Crippen LogP contribution in [0.4, 0.5) is 10.1 Å². The normalized spacial score (nSPS) is 11.1. The van der Waals surface area contributed by atoms with Crippen molar-refractivity contribution >= 4 is 21.4 Å². The molecule has 18 heavy (non-hydrogen) atoms.